The highest BCUT2D eigenvalue weighted by molar-refractivity contribution is 5.65. The minimum absolute atomic E-state index is 0.193. The molecule has 0 aliphatic carbocycles. The topological polar surface area (TPSA) is 73.9 Å². The van der Waals surface area contributed by atoms with Gasteiger partial charge in [-0.25, -0.2) is 0 Å². The average Bonchev–Trinajstić information content (AvgIpc) is 2.11. The van der Waals surface area contributed by atoms with E-state index in [0.29, 0.717) is 6.42 Å². The summed E-state index contributed by atoms with van der Waals surface area (Å²) >= 11 is 0. The molecule has 0 N–H and O–H groups in total. The highest BCUT2D eigenvalue weighted by atomic mass is 16.5. The second kappa shape index (κ2) is 6.87. The van der Waals surface area contributed by atoms with Gasteiger partial charge in [-0.05, 0) is 6.42 Å². The number of esters is 1. The first kappa shape index (κ1) is 11.2. The lowest BCUT2D eigenvalue weighted by molar-refractivity contribution is -0.139. The van der Waals surface area contributed by atoms with Crippen molar-refractivity contribution in [3.05, 3.63) is 12.2 Å². The van der Waals surface area contributed by atoms with E-state index in [-0.39, 0.29) is 12.6 Å². The molecular weight excluding hydrogens is 168 g/mol. The fourth-order valence-electron chi connectivity index (χ4n) is 0.600. The first-order valence-corrected chi connectivity index (χ1v) is 3.78. The number of hydrogen-bond donors (Lipinski definition) is 0. The van der Waals surface area contributed by atoms with Crippen molar-refractivity contribution in [1.29, 1.82) is 10.5 Å². The second-order valence-electron chi connectivity index (χ2n) is 2.32. The van der Waals surface area contributed by atoms with Crippen LogP contribution in [0.15, 0.2) is 12.2 Å². The molecule has 68 valence electrons. The summed E-state index contributed by atoms with van der Waals surface area (Å²) < 4.78 is 4.60. The molecule has 0 fully saturated rings. The molecular formula is C9H10N2O2. The number of nitrogens with zero attached hydrogens (tertiary/aromatic N) is 2. The van der Waals surface area contributed by atoms with Crippen LogP contribution in [0.1, 0.15) is 13.3 Å². The summed E-state index contributed by atoms with van der Waals surface area (Å²) in [5.74, 6) is -0.963. The lowest BCUT2D eigenvalue weighted by atomic mass is 10.1. The van der Waals surface area contributed by atoms with Gasteiger partial charge in [-0.3, -0.25) is 4.79 Å². The smallest absolute Gasteiger partial charge is 0.302 e. The molecule has 0 radical (unpaired) electrons. The molecule has 0 aromatic carbocycles. The second-order valence-corrected chi connectivity index (χ2v) is 2.32. The first-order chi connectivity index (χ1) is 6.20. The predicted octanol–water partition coefficient (Wildman–Crippen LogP) is 1.16. The summed E-state index contributed by atoms with van der Waals surface area (Å²) in [6.45, 7) is 1.51. The zero-order chi connectivity index (χ0) is 10.1. The average molecular weight is 178 g/mol. The van der Waals surface area contributed by atoms with Gasteiger partial charge in [0.05, 0.1) is 12.1 Å². The maximum Gasteiger partial charge on any atom is 0.302 e. The summed E-state index contributed by atoms with van der Waals surface area (Å²) in [4.78, 5) is 10.3. The number of carbonyl (C=O) groups is 1. The van der Waals surface area contributed by atoms with Gasteiger partial charge in [0.15, 0.2) is 0 Å². The van der Waals surface area contributed by atoms with Crippen LogP contribution in [0.2, 0.25) is 0 Å². The fraction of sp³-hybridized carbons (Fsp3) is 0.444. The maximum absolute atomic E-state index is 10.3. The Hall–Kier alpha value is -1.81. The third-order valence-corrected chi connectivity index (χ3v) is 1.23. The normalized spacial score (nSPS) is 9.54. The molecule has 0 aromatic rings. The van der Waals surface area contributed by atoms with Crippen molar-refractivity contribution in [3.63, 3.8) is 0 Å². The predicted molar refractivity (Wildman–Crippen MR) is 45.1 cm³/mol. The van der Waals surface area contributed by atoms with Crippen LogP contribution < -0.4 is 0 Å². The van der Waals surface area contributed by atoms with Crippen LogP contribution in [0.3, 0.4) is 0 Å². The minimum Gasteiger partial charge on any atom is -0.462 e. The molecule has 0 atom stereocenters. The van der Waals surface area contributed by atoms with Crippen molar-refractivity contribution >= 4 is 5.97 Å². The third kappa shape index (κ3) is 6.58. The Labute approximate surface area is 77.0 Å². The molecule has 0 aliphatic rings. The molecule has 0 aromatic heterocycles. The molecule has 0 saturated heterocycles. The highest BCUT2D eigenvalue weighted by Gasteiger charge is 2.00. The van der Waals surface area contributed by atoms with Gasteiger partial charge in [-0.15, -0.1) is 0 Å². The SMILES string of the molecule is CC(=O)OC/C=C\CC(C#N)C#N. The van der Waals surface area contributed by atoms with Crippen LogP contribution in [0.4, 0.5) is 0 Å². The Kier molecular flexibility index (Phi) is 5.92. The van der Waals surface area contributed by atoms with Crippen LogP contribution in [0, 0.1) is 28.6 Å². The Morgan fingerprint density at radius 1 is 1.46 bits per heavy atom. The molecule has 0 amide bonds. The largest absolute Gasteiger partial charge is 0.462 e. The number of allylic oxidation sites excluding steroid dienone is 1. The third-order valence-electron chi connectivity index (χ3n) is 1.23. The maximum atomic E-state index is 10.3. The Bertz CT molecular complexity index is 256. The number of carbonyl (C=O) groups excluding carboxylic acids is 1. The zero-order valence-corrected chi connectivity index (χ0v) is 7.36. The quantitative estimate of drug-likeness (QED) is 0.478. The first-order valence-electron chi connectivity index (χ1n) is 3.78. The molecule has 4 nitrogen and oxygen atoms in total. The van der Waals surface area contributed by atoms with Crippen molar-refractivity contribution in [1.82, 2.24) is 0 Å². The van der Waals surface area contributed by atoms with Crippen molar-refractivity contribution in [2.75, 3.05) is 6.61 Å². The van der Waals surface area contributed by atoms with E-state index in [1.807, 2.05) is 12.1 Å². The van der Waals surface area contributed by atoms with E-state index in [0.717, 1.165) is 0 Å². The molecule has 4 heteroatoms. The molecule has 0 heterocycles. The summed E-state index contributed by atoms with van der Waals surface area (Å²) in [6.07, 6.45) is 3.64. The number of nitriles is 2. The zero-order valence-electron chi connectivity index (χ0n) is 7.36. The van der Waals surface area contributed by atoms with E-state index in [1.165, 1.54) is 6.92 Å². The Balaban J connectivity index is 3.59. The van der Waals surface area contributed by atoms with Gasteiger partial charge in [0.1, 0.15) is 12.5 Å². The van der Waals surface area contributed by atoms with Gasteiger partial charge in [-0.2, -0.15) is 10.5 Å². The molecule has 13 heavy (non-hydrogen) atoms. The Morgan fingerprint density at radius 3 is 2.54 bits per heavy atom. The number of hydrogen-bond acceptors (Lipinski definition) is 4. The van der Waals surface area contributed by atoms with E-state index < -0.39 is 5.92 Å². The van der Waals surface area contributed by atoms with Crippen molar-refractivity contribution in [3.8, 4) is 12.1 Å². The monoisotopic (exact) mass is 178 g/mol. The van der Waals surface area contributed by atoms with Crippen LogP contribution in [0.5, 0.6) is 0 Å². The van der Waals surface area contributed by atoms with Gasteiger partial charge in [-0.1, -0.05) is 12.2 Å². The van der Waals surface area contributed by atoms with Crippen LogP contribution in [-0.2, 0) is 9.53 Å². The summed E-state index contributed by atoms with van der Waals surface area (Å²) in [7, 11) is 0. The van der Waals surface area contributed by atoms with Crippen LogP contribution >= 0.6 is 0 Å². The van der Waals surface area contributed by atoms with Crippen molar-refractivity contribution < 1.29 is 9.53 Å². The van der Waals surface area contributed by atoms with Gasteiger partial charge >= 0.3 is 5.97 Å². The molecule has 0 bridgehead atoms. The van der Waals surface area contributed by atoms with E-state index in [1.54, 1.807) is 12.2 Å². The standard InChI is InChI=1S/C9H10N2O2/c1-8(12)13-5-3-2-4-9(6-10)7-11/h2-3,9H,4-5H2,1H3/b3-2-. The summed E-state index contributed by atoms with van der Waals surface area (Å²) in [6, 6.07) is 3.66. The van der Waals surface area contributed by atoms with Gasteiger partial charge in [0.25, 0.3) is 0 Å². The molecule has 0 rings (SSSR count). The highest BCUT2D eigenvalue weighted by Crippen LogP contribution is 1.99. The molecule has 0 unspecified atom stereocenters. The summed E-state index contributed by atoms with van der Waals surface area (Å²) in [5.41, 5.74) is 0. The number of rotatable bonds is 4. The fourth-order valence-corrected chi connectivity index (χ4v) is 0.600. The van der Waals surface area contributed by atoms with Crippen molar-refractivity contribution in [2.24, 2.45) is 5.92 Å². The molecule has 0 saturated carbocycles. The van der Waals surface area contributed by atoms with E-state index in [9.17, 15) is 4.79 Å². The Morgan fingerprint density at radius 2 is 2.08 bits per heavy atom. The van der Waals surface area contributed by atoms with Gasteiger partial charge in [0, 0.05) is 6.92 Å². The van der Waals surface area contributed by atoms with Gasteiger partial charge < -0.3 is 4.74 Å². The van der Waals surface area contributed by atoms with Gasteiger partial charge in [0.2, 0.25) is 0 Å². The van der Waals surface area contributed by atoms with Crippen LogP contribution in [-0.4, -0.2) is 12.6 Å². The van der Waals surface area contributed by atoms with Crippen LogP contribution in [0.25, 0.3) is 0 Å². The minimum atomic E-state index is -0.617. The van der Waals surface area contributed by atoms with E-state index in [4.69, 9.17) is 10.5 Å². The molecule has 0 spiro atoms. The molecule has 0 aliphatic heterocycles. The van der Waals surface area contributed by atoms with E-state index in [2.05, 4.69) is 4.74 Å². The lowest BCUT2D eigenvalue weighted by Crippen LogP contribution is -1.97. The van der Waals surface area contributed by atoms with E-state index >= 15 is 0 Å². The lowest BCUT2D eigenvalue weighted by Gasteiger charge is -1.94. The summed E-state index contributed by atoms with van der Waals surface area (Å²) in [5, 5.41) is 16.8. The van der Waals surface area contributed by atoms with Crippen molar-refractivity contribution in [2.45, 2.75) is 13.3 Å². The number of ether oxygens (including phenoxy) is 1.